The summed E-state index contributed by atoms with van der Waals surface area (Å²) >= 11 is 1.66. The number of carbonyl (C=O) groups is 1. The Morgan fingerprint density at radius 2 is 2.25 bits per heavy atom. The molecule has 2 aromatic rings. The minimum absolute atomic E-state index is 0.0289. The van der Waals surface area contributed by atoms with E-state index in [-0.39, 0.29) is 5.91 Å². The van der Waals surface area contributed by atoms with Gasteiger partial charge in [-0.15, -0.1) is 11.3 Å². The number of likely N-dealkylation sites (tertiary alicyclic amines) is 1. The lowest BCUT2D eigenvalue weighted by atomic mass is 9.98. The van der Waals surface area contributed by atoms with Crippen LogP contribution >= 0.6 is 11.3 Å². The summed E-state index contributed by atoms with van der Waals surface area (Å²) in [5, 5.41) is 3.11. The first kappa shape index (κ1) is 13.2. The molecule has 0 aliphatic carbocycles. The second kappa shape index (κ2) is 5.66. The molecule has 0 saturated carbocycles. The fourth-order valence-corrected chi connectivity index (χ4v) is 3.23. The van der Waals surface area contributed by atoms with Crippen molar-refractivity contribution in [1.82, 2.24) is 19.9 Å². The molecule has 3 heterocycles. The van der Waals surface area contributed by atoms with E-state index in [0.29, 0.717) is 11.6 Å². The zero-order valence-electron chi connectivity index (χ0n) is 11.3. The maximum absolute atomic E-state index is 12.4. The molecule has 0 radical (unpaired) electrons. The zero-order chi connectivity index (χ0) is 13.9. The van der Waals surface area contributed by atoms with Crippen molar-refractivity contribution in [2.75, 3.05) is 13.1 Å². The first-order valence-electron chi connectivity index (χ1n) is 6.71. The van der Waals surface area contributed by atoms with Gasteiger partial charge in [-0.25, -0.2) is 9.97 Å². The highest BCUT2D eigenvalue weighted by Gasteiger charge is 2.27. The van der Waals surface area contributed by atoms with Crippen LogP contribution in [0.25, 0.3) is 0 Å². The highest BCUT2D eigenvalue weighted by atomic mass is 32.1. The number of piperidine rings is 1. The number of nitrogens with zero attached hydrogens (tertiary/aromatic N) is 4. The number of aryl methyl sites for hydroxylation is 1. The zero-order valence-corrected chi connectivity index (χ0v) is 12.1. The average Bonchev–Trinajstić information content (AvgIpc) is 3.02. The van der Waals surface area contributed by atoms with Gasteiger partial charge in [0.1, 0.15) is 5.69 Å². The van der Waals surface area contributed by atoms with Crippen molar-refractivity contribution in [3.8, 4) is 0 Å². The molecule has 104 valence electrons. The molecule has 1 atom stereocenters. The van der Waals surface area contributed by atoms with Gasteiger partial charge in [0.05, 0.1) is 16.9 Å². The SMILES string of the molecule is Cc1cnc(C(=O)N2CCC[C@@H](c3nccs3)C2)cn1. The molecule has 1 aliphatic rings. The summed E-state index contributed by atoms with van der Waals surface area (Å²) in [4.78, 5) is 27.0. The molecule has 2 aromatic heterocycles. The fraction of sp³-hybridized carbons (Fsp3) is 0.429. The second-order valence-electron chi connectivity index (χ2n) is 5.00. The molecule has 0 N–H and O–H groups in total. The van der Waals surface area contributed by atoms with Crippen LogP contribution in [0.1, 0.15) is 39.9 Å². The van der Waals surface area contributed by atoms with Crippen molar-refractivity contribution in [3.63, 3.8) is 0 Å². The third-order valence-corrected chi connectivity index (χ3v) is 4.45. The van der Waals surface area contributed by atoms with E-state index in [0.717, 1.165) is 36.6 Å². The summed E-state index contributed by atoms with van der Waals surface area (Å²) in [5.74, 6) is 0.324. The molecule has 0 bridgehead atoms. The van der Waals surface area contributed by atoms with Gasteiger partial charge in [0.15, 0.2) is 0 Å². The van der Waals surface area contributed by atoms with Crippen LogP contribution in [0.3, 0.4) is 0 Å². The lowest BCUT2D eigenvalue weighted by Crippen LogP contribution is -2.39. The Hall–Kier alpha value is -1.82. The molecule has 0 spiro atoms. The van der Waals surface area contributed by atoms with Crippen LogP contribution in [0.2, 0.25) is 0 Å². The van der Waals surface area contributed by atoms with E-state index in [2.05, 4.69) is 15.0 Å². The van der Waals surface area contributed by atoms with E-state index < -0.39 is 0 Å². The number of thiazole rings is 1. The van der Waals surface area contributed by atoms with Crippen LogP contribution in [0.15, 0.2) is 24.0 Å². The van der Waals surface area contributed by atoms with E-state index in [9.17, 15) is 4.79 Å². The summed E-state index contributed by atoms with van der Waals surface area (Å²) in [7, 11) is 0. The van der Waals surface area contributed by atoms with Gasteiger partial charge in [-0.05, 0) is 19.8 Å². The topological polar surface area (TPSA) is 59.0 Å². The van der Waals surface area contributed by atoms with Gasteiger partial charge in [0.25, 0.3) is 5.91 Å². The Kier molecular flexibility index (Phi) is 3.73. The van der Waals surface area contributed by atoms with Gasteiger partial charge in [-0.1, -0.05) is 0 Å². The maximum Gasteiger partial charge on any atom is 0.274 e. The molecule has 1 fully saturated rings. The molecule has 20 heavy (non-hydrogen) atoms. The minimum atomic E-state index is -0.0289. The third kappa shape index (κ3) is 2.70. The Labute approximate surface area is 121 Å². The molecule has 3 rings (SSSR count). The molecule has 0 aromatic carbocycles. The molecule has 0 unspecified atom stereocenters. The number of rotatable bonds is 2. The largest absolute Gasteiger partial charge is 0.337 e. The summed E-state index contributed by atoms with van der Waals surface area (Å²) in [6, 6.07) is 0. The Bertz CT molecular complexity index is 582. The first-order chi connectivity index (χ1) is 9.74. The van der Waals surface area contributed by atoms with Gasteiger partial charge in [0, 0.05) is 36.8 Å². The molecule has 1 aliphatic heterocycles. The Morgan fingerprint density at radius 1 is 1.35 bits per heavy atom. The number of aromatic nitrogens is 3. The number of hydrogen-bond acceptors (Lipinski definition) is 5. The summed E-state index contributed by atoms with van der Waals surface area (Å²) < 4.78 is 0. The van der Waals surface area contributed by atoms with Crippen molar-refractivity contribution in [2.24, 2.45) is 0 Å². The van der Waals surface area contributed by atoms with Gasteiger partial charge in [0.2, 0.25) is 0 Å². The predicted octanol–water partition coefficient (Wildman–Crippen LogP) is 2.26. The van der Waals surface area contributed by atoms with Gasteiger partial charge < -0.3 is 4.90 Å². The van der Waals surface area contributed by atoms with E-state index in [1.165, 1.54) is 0 Å². The van der Waals surface area contributed by atoms with Crippen molar-refractivity contribution < 1.29 is 4.79 Å². The normalized spacial score (nSPS) is 19.1. The molecule has 1 saturated heterocycles. The van der Waals surface area contributed by atoms with Crippen molar-refractivity contribution >= 4 is 17.2 Å². The van der Waals surface area contributed by atoms with Crippen molar-refractivity contribution in [2.45, 2.75) is 25.7 Å². The predicted molar refractivity (Wildman–Crippen MR) is 76.8 cm³/mol. The van der Waals surface area contributed by atoms with E-state index in [1.54, 1.807) is 23.7 Å². The quantitative estimate of drug-likeness (QED) is 0.850. The lowest BCUT2D eigenvalue weighted by Gasteiger charge is -2.31. The van der Waals surface area contributed by atoms with E-state index >= 15 is 0 Å². The average molecular weight is 288 g/mol. The molecule has 5 nitrogen and oxygen atoms in total. The minimum Gasteiger partial charge on any atom is -0.337 e. The van der Waals surface area contributed by atoms with E-state index in [4.69, 9.17) is 0 Å². The molecule has 1 amide bonds. The number of carbonyl (C=O) groups excluding carboxylic acids is 1. The summed E-state index contributed by atoms with van der Waals surface area (Å²) in [6.45, 7) is 3.37. The highest BCUT2D eigenvalue weighted by Crippen LogP contribution is 2.28. The standard InChI is InChI=1S/C14H16N4OS/c1-10-7-17-12(8-16-10)14(19)18-5-2-3-11(9-18)13-15-4-6-20-13/h4,6-8,11H,2-3,5,9H2,1H3/t11-/m1/s1. The number of hydrogen-bond donors (Lipinski definition) is 0. The summed E-state index contributed by atoms with van der Waals surface area (Å²) in [5.41, 5.74) is 1.25. The smallest absolute Gasteiger partial charge is 0.274 e. The Balaban J connectivity index is 1.73. The van der Waals surface area contributed by atoms with E-state index in [1.807, 2.05) is 23.4 Å². The lowest BCUT2D eigenvalue weighted by molar-refractivity contribution is 0.0700. The van der Waals surface area contributed by atoms with Crippen molar-refractivity contribution in [3.05, 3.63) is 40.4 Å². The van der Waals surface area contributed by atoms with Crippen LogP contribution in [0, 0.1) is 6.92 Å². The van der Waals surface area contributed by atoms with Crippen LogP contribution in [-0.2, 0) is 0 Å². The highest BCUT2D eigenvalue weighted by molar-refractivity contribution is 7.09. The molecule has 6 heteroatoms. The molecular weight excluding hydrogens is 272 g/mol. The summed E-state index contributed by atoms with van der Waals surface area (Å²) in [6.07, 6.45) is 7.12. The van der Waals surface area contributed by atoms with Gasteiger partial charge >= 0.3 is 0 Å². The maximum atomic E-state index is 12.4. The first-order valence-corrected chi connectivity index (χ1v) is 7.59. The van der Waals surface area contributed by atoms with Crippen molar-refractivity contribution in [1.29, 1.82) is 0 Å². The van der Waals surface area contributed by atoms with Crippen LogP contribution in [0.4, 0.5) is 0 Å². The van der Waals surface area contributed by atoms with Gasteiger partial charge in [-0.3, -0.25) is 9.78 Å². The van der Waals surface area contributed by atoms with Crippen LogP contribution < -0.4 is 0 Å². The van der Waals surface area contributed by atoms with Gasteiger partial charge in [-0.2, -0.15) is 0 Å². The Morgan fingerprint density at radius 3 is 2.95 bits per heavy atom. The van der Waals surface area contributed by atoms with Crippen LogP contribution in [-0.4, -0.2) is 38.8 Å². The second-order valence-corrected chi connectivity index (χ2v) is 5.93. The number of amides is 1. The monoisotopic (exact) mass is 288 g/mol. The fourth-order valence-electron chi connectivity index (χ4n) is 2.46. The molecular formula is C14H16N4OS. The van der Waals surface area contributed by atoms with Crippen LogP contribution in [0.5, 0.6) is 0 Å². The third-order valence-electron chi connectivity index (χ3n) is 3.51.